The van der Waals surface area contributed by atoms with Crippen molar-refractivity contribution >= 4 is 46.0 Å². The van der Waals surface area contributed by atoms with E-state index >= 15 is 0 Å². The first-order chi connectivity index (χ1) is 12.6. The number of thiocarbonyl (C=S) groups is 1. The van der Waals surface area contributed by atoms with Crippen molar-refractivity contribution in [2.75, 3.05) is 18.1 Å². The zero-order chi connectivity index (χ0) is 18.5. The van der Waals surface area contributed by atoms with Gasteiger partial charge in [0.05, 0.1) is 23.8 Å². The largest absolute Gasteiger partial charge is 0.494 e. The molecule has 3 rings (SSSR count). The molecule has 0 spiro atoms. The van der Waals surface area contributed by atoms with Gasteiger partial charge < -0.3 is 9.47 Å². The zero-order valence-corrected chi connectivity index (χ0v) is 16.2. The second kappa shape index (κ2) is 8.38. The third-order valence-electron chi connectivity index (χ3n) is 3.67. The Bertz CT molecular complexity index is 846. The molecule has 0 radical (unpaired) electrons. The molecule has 1 aliphatic heterocycles. The summed E-state index contributed by atoms with van der Waals surface area (Å²) in [6.45, 7) is 5.07. The van der Waals surface area contributed by atoms with Crippen LogP contribution in [0.25, 0.3) is 6.08 Å². The summed E-state index contributed by atoms with van der Waals surface area (Å²) in [5.41, 5.74) is 1.64. The van der Waals surface area contributed by atoms with Crippen molar-refractivity contribution in [2.45, 2.75) is 13.8 Å². The number of hydrogen-bond donors (Lipinski definition) is 0. The van der Waals surface area contributed by atoms with Gasteiger partial charge in [-0.3, -0.25) is 9.69 Å². The normalized spacial score (nSPS) is 15.6. The minimum absolute atomic E-state index is 0.119. The number of nitrogens with zero attached hydrogens (tertiary/aromatic N) is 1. The van der Waals surface area contributed by atoms with E-state index in [9.17, 15) is 4.79 Å². The van der Waals surface area contributed by atoms with Crippen LogP contribution in [0.5, 0.6) is 11.5 Å². The molecule has 0 aliphatic carbocycles. The van der Waals surface area contributed by atoms with Crippen molar-refractivity contribution in [3.63, 3.8) is 0 Å². The first-order valence-corrected chi connectivity index (χ1v) is 9.58. The van der Waals surface area contributed by atoms with E-state index in [1.807, 2.05) is 68.5 Å². The molecule has 0 unspecified atom stereocenters. The van der Waals surface area contributed by atoms with E-state index in [4.69, 9.17) is 21.7 Å². The highest BCUT2D eigenvalue weighted by Gasteiger charge is 2.33. The van der Waals surface area contributed by atoms with Crippen molar-refractivity contribution < 1.29 is 14.3 Å². The highest BCUT2D eigenvalue weighted by atomic mass is 32.2. The van der Waals surface area contributed by atoms with Crippen molar-refractivity contribution in [1.82, 2.24) is 0 Å². The number of ether oxygens (including phenoxy) is 2. The summed E-state index contributed by atoms with van der Waals surface area (Å²) in [6, 6.07) is 15.0. The van der Waals surface area contributed by atoms with Crippen LogP contribution in [-0.2, 0) is 4.79 Å². The minimum Gasteiger partial charge on any atom is -0.494 e. The molecule has 0 aromatic heterocycles. The van der Waals surface area contributed by atoms with Crippen molar-refractivity contribution in [3.8, 4) is 11.5 Å². The van der Waals surface area contributed by atoms with Gasteiger partial charge in [0.1, 0.15) is 11.5 Å². The van der Waals surface area contributed by atoms with Crippen LogP contribution in [0, 0.1) is 0 Å². The van der Waals surface area contributed by atoms with Crippen molar-refractivity contribution in [2.24, 2.45) is 0 Å². The van der Waals surface area contributed by atoms with Gasteiger partial charge in [-0.25, -0.2) is 0 Å². The Kier molecular flexibility index (Phi) is 5.96. The molecule has 2 aromatic carbocycles. The Morgan fingerprint density at radius 1 is 1.04 bits per heavy atom. The summed E-state index contributed by atoms with van der Waals surface area (Å²) >= 11 is 6.72. The summed E-state index contributed by atoms with van der Waals surface area (Å²) in [5.74, 6) is 1.43. The SMILES string of the molecule is CCOc1ccc(N2C(=O)/C(=C/c3cccc(OCC)c3)SC2=S)cc1. The fourth-order valence-corrected chi connectivity index (χ4v) is 3.86. The van der Waals surface area contributed by atoms with E-state index < -0.39 is 0 Å². The lowest BCUT2D eigenvalue weighted by atomic mass is 10.2. The van der Waals surface area contributed by atoms with Gasteiger partial charge in [-0.15, -0.1) is 0 Å². The Morgan fingerprint density at radius 3 is 2.42 bits per heavy atom. The molecule has 2 aromatic rings. The Balaban J connectivity index is 1.83. The number of hydrogen-bond acceptors (Lipinski definition) is 5. The van der Waals surface area contributed by atoms with Crippen LogP contribution in [0.4, 0.5) is 5.69 Å². The van der Waals surface area contributed by atoms with Gasteiger partial charge in [0.2, 0.25) is 0 Å². The maximum atomic E-state index is 12.8. The van der Waals surface area contributed by atoms with Crippen molar-refractivity contribution in [1.29, 1.82) is 0 Å². The van der Waals surface area contributed by atoms with Crippen molar-refractivity contribution in [3.05, 3.63) is 59.0 Å². The average Bonchev–Trinajstić information content (AvgIpc) is 2.90. The van der Waals surface area contributed by atoms with E-state index in [-0.39, 0.29) is 5.91 Å². The third kappa shape index (κ3) is 4.08. The fraction of sp³-hybridized carbons (Fsp3) is 0.200. The number of amides is 1. The number of rotatable bonds is 6. The Labute approximate surface area is 162 Å². The molecule has 0 bridgehead atoms. The van der Waals surface area contributed by atoms with Gasteiger partial charge in [-0.2, -0.15) is 0 Å². The molecule has 6 heteroatoms. The lowest BCUT2D eigenvalue weighted by Gasteiger charge is -2.15. The topological polar surface area (TPSA) is 38.8 Å². The molecule has 0 saturated carbocycles. The highest BCUT2D eigenvalue weighted by molar-refractivity contribution is 8.27. The second-order valence-electron chi connectivity index (χ2n) is 5.45. The number of carbonyl (C=O) groups excluding carboxylic acids is 1. The van der Waals surface area contributed by atoms with Gasteiger partial charge >= 0.3 is 0 Å². The maximum absolute atomic E-state index is 12.8. The maximum Gasteiger partial charge on any atom is 0.270 e. The van der Waals surface area contributed by atoms with E-state index in [1.165, 1.54) is 11.8 Å². The van der Waals surface area contributed by atoms with E-state index in [2.05, 4.69) is 0 Å². The van der Waals surface area contributed by atoms with Gasteiger partial charge in [-0.05, 0) is 61.9 Å². The van der Waals surface area contributed by atoms with Crippen LogP contribution < -0.4 is 14.4 Å². The van der Waals surface area contributed by atoms with Gasteiger partial charge in [-0.1, -0.05) is 36.1 Å². The molecule has 1 amide bonds. The van der Waals surface area contributed by atoms with E-state index in [0.717, 1.165) is 22.7 Å². The van der Waals surface area contributed by atoms with Crippen LogP contribution in [-0.4, -0.2) is 23.4 Å². The van der Waals surface area contributed by atoms with Crippen LogP contribution in [0.1, 0.15) is 19.4 Å². The first kappa shape index (κ1) is 18.5. The number of thioether (sulfide) groups is 1. The van der Waals surface area contributed by atoms with E-state index in [0.29, 0.717) is 22.4 Å². The standard InChI is InChI=1S/C20H19NO3S2/c1-3-23-16-10-8-15(9-11-16)21-19(22)18(26-20(21)25)13-14-6-5-7-17(12-14)24-4-2/h5-13H,3-4H2,1-2H3/b18-13-. The zero-order valence-electron chi connectivity index (χ0n) is 14.6. The average molecular weight is 386 g/mol. The van der Waals surface area contributed by atoms with Gasteiger partial charge in [0.25, 0.3) is 5.91 Å². The predicted octanol–water partition coefficient (Wildman–Crippen LogP) is 4.89. The number of carbonyl (C=O) groups is 1. The monoisotopic (exact) mass is 385 g/mol. The molecule has 4 nitrogen and oxygen atoms in total. The molecule has 1 aliphatic rings. The summed E-state index contributed by atoms with van der Waals surface area (Å²) in [7, 11) is 0. The number of anilines is 1. The quantitative estimate of drug-likeness (QED) is 0.523. The smallest absolute Gasteiger partial charge is 0.270 e. The highest BCUT2D eigenvalue weighted by Crippen LogP contribution is 2.36. The molecular formula is C20H19NO3S2. The summed E-state index contributed by atoms with van der Waals surface area (Å²) in [4.78, 5) is 15.0. The van der Waals surface area contributed by atoms with E-state index in [1.54, 1.807) is 4.90 Å². The molecule has 0 N–H and O–H groups in total. The lowest BCUT2D eigenvalue weighted by molar-refractivity contribution is -0.113. The minimum atomic E-state index is -0.119. The number of benzene rings is 2. The molecule has 1 fully saturated rings. The third-order valence-corrected chi connectivity index (χ3v) is 4.97. The second-order valence-corrected chi connectivity index (χ2v) is 7.13. The van der Waals surface area contributed by atoms with Crippen LogP contribution in [0.15, 0.2) is 53.4 Å². The lowest BCUT2D eigenvalue weighted by Crippen LogP contribution is -2.27. The first-order valence-electron chi connectivity index (χ1n) is 8.36. The molecule has 0 atom stereocenters. The van der Waals surface area contributed by atoms with Crippen LogP contribution in [0.3, 0.4) is 0 Å². The molecule has 134 valence electrons. The summed E-state index contributed by atoms with van der Waals surface area (Å²) in [6.07, 6.45) is 1.84. The predicted molar refractivity (Wildman–Crippen MR) is 111 cm³/mol. The van der Waals surface area contributed by atoms with Crippen LogP contribution >= 0.6 is 24.0 Å². The molecule has 1 saturated heterocycles. The molecular weight excluding hydrogens is 366 g/mol. The van der Waals surface area contributed by atoms with Gasteiger partial charge in [0, 0.05) is 0 Å². The fourth-order valence-electron chi connectivity index (χ4n) is 2.56. The summed E-state index contributed by atoms with van der Waals surface area (Å²) in [5, 5.41) is 0. The van der Waals surface area contributed by atoms with Gasteiger partial charge in [0.15, 0.2) is 4.32 Å². The Morgan fingerprint density at radius 2 is 1.73 bits per heavy atom. The molecule has 26 heavy (non-hydrogen) atoms. The Hall–Kier alpha value is -2.31. The summed E-state index contributed by atoms with van der Waals surface area (Å²) < 4.78 is 11.5. The molecule has 1 heterocycles. The van der Waals surface area contributed by atoms with Crippen LogP contribution in [0.2, 0.25) is 0 Å².